The molecule has 3 N–H and O–H groups in total. The molecule has 0 radical (unpaired) electrons. The summed E-state index contributed by atoms with van der Waals surface area (Å²) < 4.78 is 0. The first-order valence-electron chi connectivity index (χ1n) is 14.7. The number of carbonyl (C=O) groups excluding carboxylic acids is 3. The lowest BCUT2D eigenvalue weighted by Gasteiger charge is -2.13. The zero-order valence-electron chi connectivity index (χ0n) is 25.2. The first-order chi connectivity index (χ1) is 22.9. The molecular formula is C37H29N5O3S2. The van der Waals surface area contributed by atoms with Crippen LogP contribution in [0, 0.1) is 0 Å². The number of anilines is 2. The maximum Gasteiger partial charge on any atom is 0.272 e. The fourth-order valence-corrected chi connectivity index (χ4v) is 6.34. The summed E-state index contributed by atoms with van der Waals surface area (Å²) in [7, 11) is 0. The summed E-state index contributed by atoms with van der Waals surface area (Å²) in [6.45, 7) is 1.82. The Morgan fingerprint density at radius 1 is 0.830 bits per heavy atom. The second-order valence-electron chi connectivity index (χ2n) is 10.5. The third-order valence-corrected chi connectivity index (χ3v) is 8.93. The van der Waals surface area contributed by atoms with E-state index >= 15 is 0 Å². The molecule has 2 aromatic heterocycles. The smallest absolute Gasteiger partial charge is 0.272 e. The van der Waals surface area contributed by atoms with Crippen LogP contribution in [-0.4, -0.2) is 32.9 Å². The van der Waals surface area contributed by atoms with Gasteiger partial charge in [0.2, 0.25) is 5.91 Å². The van der Waals surface area contributed by atoms with Crippen LogP contribution < -0.4 is 16.0 Å². The Labute approximate surface area is 280 Å². The van der Waals surface area contributed by atoms with Crippen molar-refractivity contribution in [3.63, 3.8) is 0 Å². The van der Waals surface area contributed by atoms with Crippen molar-refractivity contribution < 1.29 is 14.4 Å². The van der Waals surface area contributed by atoms with Crippen LogP contribution >= 0.6 is 23.1 Å². The summed E-state index contributed by atoms with van der Waals surface area (Å²) >= 11 is 2.73. The molecule has 0 bridgehead atoms. The maximum absolute atomic E-state index is 13.4. The molecule has 0 saturated heterocycles. The first kappa shape index (κ1) is 31.4. The lowest BCUT2D eigenvalue weighted by atomic mass is 10.1. The molecule has 6 rings (SSSR count). The summed E-state index contributed by atoms with van der Waals surface area (Å²) in [5.74, 6) is -1.10. The van der Waals surface area contributed by atoms with E-state index in [1.165, 1.54) is 23.1 Å². The Balaban J connectivity index is 1.10. The second kappa shape index (κ2) is 14.7. The summed E-state index contributed by atoms with van der Waals surface area (Å²) in [5, 5.41) is 12.8. The van der Waals surface area contributed by atoms with Crippen molar-refractivity contribution in [1.82, 2.24) is 15.3 Å². The second-order valence-corrected chi connectivity index (χ2v) is 12.8. The lowest BCUT2D eigenvalue weighted by molar-refractivity contribution is -0.115. The van der Waals surface area contributed by atoms with Crippen molar-refractivity contribution in [3.05, 3.63) is 144 Å². The lowest BCUT2D eigenvalue weighted by Crippen LogP contribution is -2.30. The number of benzene rings is 4. The minimum Gasteiger partial charge on any atom is -0.321 e. The van der Waals surface area contributed by atoms with Gasteiger partial charge in [-0.1, -0.05) is 66.7 Å². The Hall–Kier alpha value is -5.58. The first-order valence-corrected chi connectivity index (χ1v) is 16.5. The minimum absolute atomic E-state index is 0.0594. The fraction of sp³-hybridized carbons (Fsp3) is 0.0541. The molecule has 6 aromatic rings. The molecule has 2 heterocycles. The number of hydrogen-bond acceptors (Lipinski definition) is 7. The third-order valence-electron chi connectivity index (χ3n) is 7.08. The predicted octanol–water partition coefficient (Wildman–Crippen LogP) is 7.89. The van der Waals surface area contributed by atoms with Crippen LogP contribution in [-0.2, 0) is 9.59 Å². The van der Waals surface area contributed by atoms with E-state index in [0.717, 1.165) is 26.9 Å². The van der Waals surface area contributed by atoms with E-state index in [4.69, 9.17) is 0 Å². The third kappa shape index (κ3) is 8.18. The summed E-state index contributed by atoms with van der Waals surface area (Å²) in [5.41, 5.74) is 3.43. The molecule has 4 aromatic carbocycles. The zero-order valence-corrected chi connectivity index (χ0v) is 26.8. The number of thioether (sulfide) groups is 1. The molecule has 3 amide bonds. The molecule has 0 saturated carbocycles. The van der Waals surface area contributed by atoms with E-state index in [1.54, 1.807) is 73.1 Å². The standard InChI is InChI=1S/C37H29N5O3S2/c1-24(34(43)42-37-41-33(23-46-37)29-17-16-26-10-5-6-13-28(26)20-29)47-31-15-7-14-30(21-31)39-36(45)32(19-25-9-8-18-38-22-25)40-35(44)27-11-3-2-4-12-27/h2-24H,1H3,(H,39,45)(H,40,44)(H,41,42,43)/b32-19-. The number of nitrogens with zero attached hydrogens (tertiary/aromatic N) is 2. The highest BCUT2D eigenvalue weighted by atomic mass is 32.2. The van der Waals surface area contributed by atoms with Crippen molar-refractivity contribution in [2.24, 2.45) is 0 Å². The van der Waals surface area contributed by atoms with Gasteiger partial charge in [-0.05, 0) is 71.8 Å². The summed E-state index contributed by atoms with van der Waals surface area (Å²) in [6, 6.07) is 33.7. The molecule has 0 aliphatic carbocycles. The molecule has 10 heteroatoms. The number of pyridine rings is 1. The van der Waals surface area contributed by atoms with Gasteiger partial charge in [-0.2, -0.15) is 0 Å². The van der Waals surface area contributed by atoms with Gasteiger partial charge in [0.1, 0.15) is 5.70 Å². The number of fused-ring (bicyclic) bond motifs is 1. The van der Waals surface area contributed by atoms with E-state index in [1.807, 2.05) is 42.6 Å². The van der Waals surface area contributed by atoms with Gasteiger partial charge in [0.05, 0.1) is 10.9 Å². The largest absolute Gasteiger partial charge is 0.321 e. The summed E-state index contributed by atoms with van der Waals surface area (Å²) in [6.07, 6.45) is 4.80. The summed E-state index contributed by atoms with van der Waals surface area (Å²) in [4.78, 5) is 48.9. The van der Waals surface area contributed by atoms with Crippen LogP contribution in [0.3, 0.4) is 0 Å². The van der Waals surface area contributed by atoms with Crippen LogP contribution in [0.25, 0.3) is 28.1 Å². The molecule has 47 heavy (non-hydrogen) atoms. The van der Waals surface area contributed by atoms with Gasteiger partial charge in [0.15, 0.2) is 5.13 Å². The van der Waals surface area contributed by atoms with Gasteiger partial charge in [-0.25, -0.2) is 4.98 Å². The van der Waals surface area contributed by atoms with E-state index in [2.05, 4.69) is 50.2 Å². The van der Waals surface area contributed by atoms with Gasteiger partial charge in [0, 0.05) is 39.5 Å². The topological polar surface area (TPSA) is 113 Å². The molecule has 1 unspecified atom stereocenters. The number of rotatable bonds is 10. The molecular weight excluding hydrogens is 627 g/mol. The number of amides is 3. The number of carbonyl (C=O) groups is 3. The SMILES string of the molecule is CC(Sc1cccc(NC(=O)/C(=C/c2cccnc2)NC(=O)c2ccccc2)c1)C(=O)Nc1nc(-c2ccc3ccccc3c2)cs1. The van der Waals surface area contributed by atoms with E-state index in [-0.39, 0.29) is 11.6 Å². The molecule has 0 aliphatic heterocycles. The van der Waals surface area contributed by atoms with Crippen LogP contribution in [0.1, 0.15) is 22.8 Å². The molecule has 0 spiro atoms. The Kier molecular flexibility index (Phi) is 9.81. The van der Waals surface area contributed by atoms with Gasteiger partial charge in [-0.15, -0.1) is 23.1 Å². The van der Waals surface area contributed by atoms with Crippen LogP contribution in [0.4, 0.5) is 10.8 Å². The predicted molar refractivity (Wildman–Crippen MR) is 190 cm³/mol. The van der Waals surface area contributed by atoms with Gasteiger partial charge >= 0.3 is 0 Å². The highest BCUT2D eigenvalue weighted by Crippen LogP contribution is 2.30. The fourth-order valence-electron chi connectivity index (χ4n) is 4.69. The van der Waals surface area contributed by atoms with Gasteiger partial charge in [-0.3, -0.25) is 19.4 Å². The number of hydrogen-bond donors (Lipinski definition) is 3. The van der Waals surface area contributed by atoms with Crippen molar-refractivity contribution in [2.75, 3.05) is 10.6 Å². The van der Waals surface area contributed by atoms with Crippen LogP contribution in [0.15, 0.2) is 138 Å². The monoisotopic (exact) mass is 655 g/mol. The van der Waals surface area contributed by atoms with Crippen molar-refractivity contribution >= 4 is 68.5 Å². The Morgan fingerprint density at radius 3 is 2.45 bits per heavy atom. The Morgan fingerprint density at radius 2 is 1.64 bits per heavy atom. The van der Waals surface area contributed by atoms with Crippen molar-refractivity contribution in [2.45, 2.75) is 17.1 Å². The Bertz CT molecular complexity index is 2080. The van der Waals surface area contributed by atoms with Crippen molar-refractivity contribution in [3.8, 4) is 11.3 Å². The maximum atomic E-state index is 13.4. The number of nitrogens with one attached hydrogen (secondary N) is 3. The normalized spacial score (nSPS) is 11.9. The molecule has 232 valence electrons. The van der Waals surface area contributed by atoms with E-state index in [0.29, 0.717) is 21.9 Å². The average molecular weight is 656 g/mol. The molecule has 1 atom stereocenters. The van der Waals surface area contributed by atoms with E-state index in [9.17, 15) is 14.4 Å². The van der Waals surface area contributed by atoms with Crippen molar-refractivity contribution in [1.29, 1.82) is 0 Å². The van der Waals surface area contributed by atoms with Crippen LogP contribution in [0.5, 0.6) is 0 Å². The highest BCUT2D eigenvalue weighted by molar-refractivity contribution is 8.00. The van der Waals surface area contributed by atoms with Gasteiger partial charge in [0.25, 0.3) is 11.8 Å². The highest BCUT2D eigenvalue weighted by Gasteiger charge is 2.18. The molecule has 0 aliphatic rings. The molecule has 0 fully saturated rings. The number of aromatic nitrogens is 2. The number of thiazole rings is 1. The quantitative estimate of drug-likeness (QED) is 0.102. The molecule has 8 nitrogen and oxygen atoms in total. The van der Waals surface area contributed by atoms with Gasteiger partial charge < -0.3 is 16.0 Å². The van der Waals surface area contributed by atoms with Crippen LogP contribution in [0.2, 0.25) is 0 Å². The van der Waals surface area contributed by atoms with E-state index < -0.39 is 17.1 Å². The zero-order chi connectivity index (χ0) is 32.6. The minimum atomic E-state index is -0.503. The average Bonchev–Trinajstić information content (AvgIpc) is 3.57.